The largest absolute Gasteiger partial charge is 0.507 e. The van der Waals surface area contributed by atoms with E-state index in [0.29, 0.717) is 23.2 Å². The summed E-state index contributed by atoms with van der Waals surface area (Å²) in [6, 6.07) is 6.25. The Bertz CT molecular complexity index is 1090. The molecule has 160 valence electrons. The third-order valence-electron chi connectivity index (χ3n) is 6.80. The molecule has 0 amide bonds. The average Bonchev–Trinajstić information content (AvgIpc) is 3.58. The third kappa shape index (κ3) is 3.54. The summed E-state index contributed by atoms with van der Waals surface area (Å²) in [4.78, 5) is 6.77. The number of rotatable bonds is 4. The van der Waals surface area contributed by atoms with Crippen LogP contribution in [0, 0.1) is 5.92 Å². The highest BCUT2D eigenvalue weighted by atomic mass is 16.3. The summed E-state index contributed by atoms with van der Waals surface area (Å²) in [5.74, 6) is 1.65. The molecule has 2 N–H and O–H groups in total. The molecule has 2 fully saturated rings. The zero-order chi connectivity index (χ0) is 20.8. The van der Waals surface area contributed by atoms with Crippen molar-refractivity contribution in [3.63, 3.8) is 0 Å². The van der Waals surface area contributed by atoms with E-state index in [9.17, 15) is 5.11 Å². The molecule has 3 aromatic rings. The lowest BCUT2D eigenvalue weighted by atomic mass is 9.99. The number of aromatic hydroxyl groups is 1. The molecular weight excluding hydrogens is 390 g/mol. The summed E-state index contributed by atoms with van der Waals surface area (Å²) in [6.07, 6.45) is 9.66. The van der Waals surface area contributed by atoms with Gasteiger partial charge in [-0.05, 0) is 55.7 Å². The summed E-state index contributed by atoms with van der Waals surface area (Å²) >= 11 is 0. The molecule has 1 aromatic carbocycles. The molecule has 1 aliphatic carbocycles. The van der Waals surface area contributed by atoms with Crippen LogP contribution in [-0.2, 0) is 13.0 Å². The molecule has 0 radical (unpaired) electrons. The number of hydrogen-bond donors (Lipinski definition) is 2. The number of phenolic OH excluding ortho intramolecular Hbond substituents is 1. The number of piperazine rings is 1. The first-order valence-corrected chi connectivity index (χ1v) is 11.3. The molecule has 3 aliphatic rings. The van der Waals surface area contributed by atoms with Gasteiger partial charge in [-0.2, -0.15) is 5.10 Å². The zero-order valence-electron chi connectivity index (χ0n) is 17.5. The molecule has 1 atom stereocenters. The van der Waals surface area contributed by atoms with Gasteiger partial charge in [0.05, 0.1) is 12.4 Å². The molecule has 1 unspecified atom stereocenters. The molecule has 31 heavy (non-hydrogen) atoms. The predicted octanol–water partition coefficient (Wildman–Crippen LogP) is 2.63. The van der Waals surface area contributed by atoms with Crippen LogP contribution >= 0.6 is 0 Å². The van der Waals surface area contributed by atoms with Crippen LogP contribution < -0.4 is 10.2 Å². The number of nitrogens with one attached hydrogen (secondary N) is 1. The van der Waals surface area contributed by atoms with Gasteiger partial charge < -0.3 is 15.3 Å². The van der Waals surface area contributed by atoms with Gasteiger partial charge in [0.2, 0.25) is 5.95 Å². The summed E-state index contributed by atoms with van der Waals surface area (Å²) in [5, 5.41) is 27.6. The van der Waals surface area contributed by atoms with E-state index in [2.05, 4.69) is 35.2 Å². The molecule has 2 aliphatic heterocycles. The highest BCUT2D eigenvalue weighted by molar-refractivity contribution is 5.74. The number of benzene rings is 1. The van der Waals surface area contributed by atoms with Crippen molar-refractivity contribution in [2.24, 2.45) is 5.92 Å². The Balaban J connectivity index is 1.23. The van der Waals surface area contributed by atoms with Gasteiger partial charge in [-0.15, -0.1) is 10.2 Å². The Hall–Kier alpha value is -3.00. The topological polar surface area (TPSA) is 92.0 Å². The second-order valence-corrected chi connectivity index (χ2v) is 8.90. The maximum atomic E-state index is 10.7. The maximum Gasteiger partial charge on any atom is 0.245 e. The summed E-state index contributed by atoms with van der Waals surface area (Å²) in [5.41, 5.74) is 4.56. The van der Waals surface area contributed by atoms with Gasteiger partial charge in [-0.1, -0.05) is 6.07 Å². The molecule has 1 saturated carbocycles. The molecule has 8 heteroatoms. The summed E-state index contributed by atoms with van der Waals surface area (Å²) in [7, 11) is 0. The van der Waals surface area contributed by atoms with Crippen molar-refractivity contribution in [2.75, 3.05) is 24.5 Å². The quantitative estimate of drug-likeness (QED) is 0.674. The van der Waals surface area contributed by atoms with Crippen LogP contribution in [0.2, 0.25) is 0 Å². The van der Waals surface area contributed by atoms with Crippen molar-refractivity contribution in [1.82, 2.24) is 30.3 Å². The normalized spacial score (nSPS) is 21.2. The van der Waals surface area contributed by atoms with E-state index in [1.807, 2.05) is 18.3 Å². The zero-order valence-corrected chi connectivity index (χ0v) is 17.5. The maximum absolute atomic E-state index is 10.7. The number of aryl methyl sites for hydroxylation is 1. The molecule has 8 nitrogen and oxygen atoms in total. The predicted molar refractivity (Wildman–Crippen MR) is 118 cm³/mol. The Morgan fingerprint density at radius 3 is 2.77 bits per heavy atom. The van der Waals surface area contributed by atoms with Gasteiger partial charge in [-0.3, -0.25) is 4.68 Å². The fourth-order valence-electron chi connectivity index (χ4n) is 4.89. The third-order valence-corrected chi connectivity index (χ3v) is 6.80. The minimum atomic E-state index is 0.188. The second-order valence-electron chi connectivity index (χ2n) is 8.90. The van der Waals surface area contributed by atoms with Crippen molar-refractivity contribution < 1.29 is 5.11 Å². The first kappa shape index (κ1) is 18.7. The van der Waals surface area contributed by atoms with Crippen LogP contribution in [0.25, 0.3) is 22.4 Å². The van der Waals surface area contributed by atoms with Crippen molar-refractivity contribution in [3.8, 4) is 28.1 Å². The van der Waals surface area contributed by atoms with E-state index in [-0.39, 0.29) is 5.75 Å². The smallest absolute Gasteiger partial charge is 0.245 e. The number of nitrogens with zero attached hydrogens (tertiary/aromatic N) is 6. The monoisotopic (exact) mass is 417 g/mol. The van der Waals surface area contributed by atoms with Gasteiger partial charge in [-0.25, -0.2) is 4.98 Å². The van der Waals surface area contributed by atoms with E-state index in [1.54, 1.807) is 12.3 Å². The minimum Gasteiger partial charge on any atom is -0.507 e. The van der Waals surface area contributed by atoms with E-state index in [4.69, 9.17) is 0 Å². The van der Waals surface area contributed by atoms with E-state index < -0.39 is 0 Å². The molecule has 4 heterocycles. The number of hydrogen-bond acceptors (Lipinski definition) is 7. The highest BCUT2D eigenvalue weighted by Crippen LogP contribution is 2.36. The van der Waals surface area contributed by atoms with Gasteiger partial charge in [0.25, 0.3) is 0 Å². The fraction of sp³-hybridized carbons (Fsp3) is 0.478. The van der Waals surface area contributed by atoms with Gasteiger partial charge in [0, 0.05) is 49.0 Å². The van der Waals surface area contributed by atoms with Gasteiger partial charge >= 0.3 is 0 Å². The van der Waals surface area contributed by atoms with E-state index in [1.165, 1.54) is 31.4 Å². The van der Waals surface area contributed by atoms with E-state index in [0.717, 1.165) is 49.6 Å². The van der Waals surface area contributed by atoms with Crippen LogP contribution in [0.5, 0.6) is 5.75 Å². The van der Waals surface area contributed by atoms with Gasteiger partial charge in [0.15, 0.2) is 0 Å². The van der Waals surface area contributed by atoms with Crippen LogP contribution in [0.4, 0.5) is 5.95 Å². The Morgan fingerprint density at radius 1 is 1.03 bits per heavy atom. The lowest BCUT2D eigenvalue weighted by Crippen LogP contribution is -2.52. The Morgan fingerprint density at radius 2 is 1.97 bits per heavy atom. The van der Waals surface area contributed by atoms with Gasteiger partial charge in [0.1, 0.15) is 11.4 Å². The second kappa shape index (κ2) is 7.60. The van der Waals surface area contributed by atoms with Crippen molar-refractivity contribution in [1.29, 1.82) is 0 Å². The summed E-state index contributed by atoms with van der Waals surface area (Å²) in [6.45, 7) is 3.75. The Labute approximate surface area is 181 Å². The van der Waals surface area contributed by atoms with E-state index >= 15 is 0 Å². The lowest BCUT2D eigenvalue weighted by molar-refractivity contribution is 0.414. The van der Waals surface area contributed by atoms with Crippen LogP contribution in [0.15, 0.2) is 30.6 Å². The number of fused-ring (bicyclic) bond motifs is 1. The molecule has 0 bridgehead atoms. The first-order chi connectivity index (χ1) is 15.3. The van der Waals surface area contributed by atoms with Crippen LogP contribution in [-0.4, -0.2) is 55.7 Å². The molecular formula is C23H27N7O. The summed E-state index contributed by atoms with van der Waals surface area (Å²) < 4.78 is 2.09. The first-order valence-electron chi connectivity index (χ1n) is 11.3. The SMILES string of the molecule is Oc1cc(-c2cnn3c2CCCC3)ccc1-c1cnc(N2CCNC(C3CC3)C2)nn1. The molecule has 2 aromatic heterocycles. The standard InChI is InChI=1S/C23H27N7O/c31-22-11-16(18-12-26-30-9-2-1-3-21(18)30)6-7-17(22)19-13-25-23(28-27-19)29-10-8-24-20(14-29)15-4-5-15/h6-7,11-13,15,20,24,31H,1-5,8-10,14H2. The number of anilines is 1. The van der Waals surface area contributed by atoms with Crippen molar-refractivity contribution in [3.05, 3.63) is 36.3 Å². The lowest BCUT2D eigenvalue weighted by Gasteiger charge is -2.33. The molecule has 0 spiro atoms. The fourth-order valence-corrected chi connectivity index (χ4v) is 4.89. The highest BCUT2D eigenvalue weighted by Gasteiger charge is 2.34. The minimum absolute atomic E-state index is 0.188. The van der Waals surface area contributed by atoms with Crippen LogP contribution in [0.1, 0.15) is 31.4 Å². The molecule has 6 rings (SSSR count). The molecule has 1 saturated heterocycles. The van der Waals surface area contributed by atoms with Crippen molar-refractivity contribution >= 4 is 5.95 Å². The number of phenols is 1. The number of aromatic nitrogens is 5. The Kier molecular flexibility index (Phi) is 4.60. The van der Waals surface area contributed by atoms with Crippen molar-refractivity contribution in [2.45, 2.75) is 44.7 Å². The van der Waals surface area contributed by atoms with Crippen LogP contribution in [0.3, 0.4) is 0 Å². The average molecular weight is 418 g/mol.